The minimum Gasteiger partial charge on any atom is -0.307 e. The number of aryl methyl sites for hydroxylation is 2. The molecule has 0 amide bonds. The van der Waals surface area contributed by atoms with Gasteiger partial charge in [-0.3, -0.25) is 0 Å². The van der Waals surface area contributed by atoms with Gasteiger partial charge in [0.15, 0.2) is 0 Å². The second kappa shape index (κ2) is 11.7. The van der Waals surface area contributed by atoms with Gasteiger partial charge in [-0.1, -0.05) is 124 Å². The van der Waals surface area contributed by atoms with Crippen molar-refractivity contribution in [2.75, 3.05) is 0 Å². The summed E-state index contributed by atoms with van der Waals surface area (Å²) in [6.45, 7) is 4.53. The molecule has 2 aromatic heterocycles. The molecule has 0 aliphatic rings. The largest absolute Gasteiger partial charge is 0.307 e. The number of unbranched alkanes of at least 4 members (excludes halogenated alkanes) is 2. The van der Waals surface area contributed by atoms with E-state index in [1.807, 2.05) is 0 Å². The third kappa shape index (κ3) is 4.62. The van der Waals surface area contributed by atoms with Crippen molar-refractivity contribution >= 4 is 65.2 Å². The van der Waals surface area contributed by atoms with E-state index >= 15 is 0 Å². The third-order valence-electron chi connectivity index (χ3n) is 10.4. The maximum atomic E-state index is 2.51. The van der Waals surface area contributed by atoms with Gasteiger partial charge in [0.2, 0.25) is 0 Å². The predicted molar refractivity (Wildman–Crippen MR) is 207 cm³/mol. The summed E-state index contributed by atoms with van der Waals surface area (Å²) in [5, 5.41) is 10.3. The van der Waals surface area contributed by atoms with Crippen molar-refractivity contribution in [3.8, 4) is 11.4 Å². The van der Waals surface area contributed by atoms with Crippen molar-refractivity contribution in [1.82, 2.24) is 9.13 Å². The lowest BCUT2D eigenvalue weighted by atomic mass is 10.0. The fourth-order valence-corrected chi connectivity index (χ4v) is 7.95. The Hall–Kier alpha value is -5.34. The Labute approximate surface area is 281 Å². The Morgan fingerprint density at radius 3 is 1.27 bits per heavy atom. The minimum absolute atomic E-state index is 1.14. The maximum Gasteiger partial charge on any atom is 0.0788 e. The van der Waals surface area contributed by atoms with Crippen molar-refractivity contribution in [3.63, 3.8) is 0 Å². The predicted octanol–water partition coefficient (Wildman–Crippen LogP) is 12.9. The van der Waals surface area contributed by atoms with Crippen LogP contribution in [-0.4, -0.2) is 9.13 Å². The van der Waals surface area contributed by atoms with Crippen LogP contribution in [0.25, 0.3) is 76.5 Å². The second-order valence-electron chi connectivity index (χ2n) is 13.5. The summed E-state index contributed by atoms with van der Waals surface area (Å²) >= 11 is 0. The molecule has 9 aromatic rings. The van der Waals surface area contributed by atoms with Crippen LogP contribution in [0.3, 0.4) is 0 Å². The Morgan fingerprint density at radius 2 is 0.812 bits per heavy atom. The zero-order valence-corrected chi connectivity index (χ0v) is 27.8. The average molecular weight is 621 g/mol. The highest BCUT2D eigenvalue weighted by atomic mass is 15.0. The van der Waals surface area contributed by atoms with Crippen molar-refractivity contribution in [2.45, 2.75) is 52.4 Å². The first kappa shape index (κ1) is 28.8. The standard InChI is InChI=1S/C46H40N2/c1-3-5-11-31-17-19-35-29-37(23-21-33(35)27-31)47-43-15-9-7-13-39(43)41-25-26-42-40-14-8-10-16-44(40)48(46(42)45(41)47)38-24-22-34-28-32(12-6-4-2)18-20-36(34)30-38/h7-10,13-30H,3-6,11-12H2,1-2H3. The first-order valence-electron chi connectivity index (χ1n) is 17.7. The van der Waals surface area contributed by atoms with E-state index in [1.165, 1.54) is 113 Å². The number of para-hydroxylation sites is 2. The molecule has 0 spiro atoms. The molecule has 0 aliphatic heterocycles. The van der Waals surface area contributed by atoms with Crippen molar-refractivity contribution in [1.29, 1.82) is 0 Å². The van der Waals surface area contributed by atoms with Gasteiger partial charge >= 0.3 is 0 Å². The first-order chi connectivity index (χ1) is 23.7. The van der Waals surface area contributed by atoms with Gasteiger partial charge in [0.25, 0.3) is 0 Å². The zero-order valence-electron chi connectivity index (χ0n) is 27.8. The molecule has 7 aromatic carbocycles. The van der Waals surface area contributed by atoms with Crippen LogP contribution in [0.2, 0.25) is 0 Å². The van der Waals surface area contributed by atoms with Crippen molar-refractivity contribution < 1.29 is 0 Å². The lowest BCUT2D eigenvalue weighted by Gasteiger charge is -2.14. The fraction of sp³-hybridized carbons (Fsp3) is 0.174. The highest BCUT2D eigenvalue weighted by molar-refractivity contribution is 6.24. The molecule has 2 heterocycles. The number of nitrogens with zero attached hydrogens (tertiary/aromatic N) is 2. The summed E-state index contributed by atoms with van der Waals surface area (Å²) in [6, 6.07) is 50.5. The molecule has 0 N–H and O–H groups in total. The second-order valence-corrected chi connectivity index (χ2v) is 13.5. The van der Waals surface area contributed by atoms with Crippen LogP contribution in [0.15, 0.2) is 133 Å². The highest BCUT2D eigenvalue weighted by Gasteiger charge is 2.21. The molecule has 9 rings (SSSR count). The van der Waals surface area contributed by atoms with Gasteiger partial charge < -0.3 is 9.13 Å². The molecule has 0 unspecified atom stereocenters. The topological polar surface area (TPSA) is 9.86 Å². The number of rotatable bonds is 8. The molecule has 0 radical (unpaired) electrons. The van der Waals surface area contributed by atoms with Crippen LogP contribution in [0.4, 0.5) is 0 Å². The number of fused-ring (bicyclic) bond motifs is 9. The Bertz CT molecular complexity index is 2460. The summed E-state index contributed by atoms with van der Waals surface area (Å²) in [4.78, 5) is 0. The Kier molecular flexibility index (Phi) is 7.04. The van der Waals surface area contributed by atoms with Gasteiger partial charge in [-0.2, -0.15) is 0 Å². The monoisotopic (exact) mass is 620 g/mol. The SMILES string of the molecule is CCCCc1ccc2cc(-n3c4ccccc4c4ccc5c6ccccc6n(-c6ccc7cc(CCCC)ccc7c6)c5c43)ccc2c1. The molecule has 0 aliphatic carbocycles. The summed E-state index contributed by atoms with van der Waals surface area (Å²) < 4.78 is 5.02. The quantitative estimate of drug-likeness (QED) is 0.160. The number of hydrogen-bond donors (Lipinski definition) is 0. The van der Waals surface area contributed by atoms with E-state index in [0.717, 1.165) is 12.8 Å². The van der Waals surface area contributed by atoms with Crippen LogP contribution >= 0.6 is 0 Å². The summed E-state index contributed by atoms with van der Waals surface area (Å²) in [5.41, 5.74) is 10.2. The molecule has 2 heteroatoms. The van der Waals surface area contributed by atoms with E-state index in [0.29, 0.717) is 0 Å². The molecule has 0 bridgehead atoms. The van der Waals surface area contributed by atoms with Gasteiger partial charge in [0.05, 0.1) is 22.1 Å². The lowest BCUT2D eigenvalue weighted by molar-refractivity contribution is 0.796. The molecule has 48 heavy (non-hydrogen) atoms. The van der Waals surface area contributed by atoms with E-state index in [2.05, 4.69) is 156 Å². The molecular formula is C46H40N2. The third-order valence-corrected chi connectivity index (χ3v) is 10.4. The summed E-state index contributed by atoms with van der Waals surface area (Å²) in [7, 11) is 0. The van der Waals surface area contributed by atoms with Gasteiger partial charge in [-0.25, -0.2) is 0 Å². The molecule has 0 fully saturated rings. The normalized spacial score (nSPS) is 12.0. The van der Waals surface area contributed by atoms with Gasteiger partial charge in [0.1, 0.15) is 0 Å². The smallest absolute Gasteiger partial charge is 0.0788 e. The Balaban J connectivity index is 1.33. The molecule has 234 valence electrons. The Morgan fingerprint density at radius 1 is 0.396 bits per heavy atom. The van der Waals surface area contributed by atoms with Crippen LogP contribution in [0.1, 0.15) is 50.7 Å². The zero-order chi connectivity index (χ0) is 32.2. The van der Waals surface area contributed by atoms with E-state index < -0.39 is 0 Å². The van der Waals surface area contributed by atoms with E-state index in [4.69, 9.17) is 0 Å². The van der Waals surface area contributed by atoms with Gasteiger partial charge in [0, 0.05) is 32.9 Å². The lowest BCUT2D eigenvalue weighted by Crippen LogP contribution is -1.99. The summed E-state index contributed by atoms with van der Waals surface area (Å²) in [6.07, 6.45) is 7.17. The first-order valence-corrected chi connectivity index (χ1v) is 17.7. The number of hydrogen-bond acceptors (Lipinski definition) is 0. The average Bonchev–Trinajstić information content (AvgIpc) is 3.66. The van der Waals surface area contributed by atoms with E-state index in [-0.39, 0.29) is 0 Å². The van der Waals surface area contributed by atoms with Gasteiger partial charge in [-0.05, 0) is 94.8 Å². The molecule has 0 saturated heterocycles. The molecule has 0 saturated carbocycles. The molecule has 2 nitrogen and oxygen atoms in total. The minimum atomic E-state index is 1.14. The van der Waals surface area contributed by atoms with Crippen LogP contribution in [0.5, 0.6) is 0 Å². The van der Waals surface area contributed by atoms with Crippen molar-refractivity contribution in [2.24, 2.45) is 0 Å². The fourth-order valence-electron chi connectivity index (χ4n) is 7.95. The van der Waals surface area contributed by atoms with Crippen LogP contribution in [-0.2, 0) is 12.8 Å². The molecular weight excluding hydrogens is 581 g/mol. The van der Waals surface area contributed by atoms with Gasteiger partial charge in [-0.15, -0.1) is 0 Å². The maximum absolute atomic E-state index is 2.51. The number of benzene rings is 7. The van der Waals surface area contributed by atoms with Crippen LogP contribution < -0.4 is 0 Å². The van der Waals surface area contributed by atoms with Crippen molar-refractivity contribution in [3.05, 3.63) is 145 Å². The van der Waals surface area contributed by atoms with Crippen LogP contribution in [0, 0.1) is 0 Å². The highest BCUT2D eigenvalue weighted by Crippen LogP contribution is 2.42. The summed E-state index contributed by atoms with van der Waals surface area (Å²) in [5.74, 6) is 0. The van der Waals surface area contributed by atoms with E-state index in [1.54, 1.807) is 0 Å². The molecule has 0 atom stereocenters. The number of aromatic nitrogens is 2. The van der Waals surface area contributed by atoms with E-state index in [9.17, 15) is 0 Å².